The van der Waals surface area contributed by atoms with Crippen LogP contribution in [0.5, 0.6) is 0 Å². The number of aromatic nitrogens is 5. The van der Waals surface area contributed by atoms with E-state index in [-0.39, 0.29) is 16.7 Å². The molecular formula is C21H28N7O14P2+. The molecule has 0 bridgehead atoms. The average Bonchev–Trinajstić information content (AvgIpc) is 3.57. The molecule has 10 N–H and O–H groups in total. The number of ether oxygens (including phenoxy) is 2. The number of phosphoric acid groups is 2. The van der Waals surface area contributed by atoms with Crippen molar-refractivity contribution in [2.24, 2.45) is 5.73 Å². The van der Waals surface area contributed by atoms with Crippen LogP contribution in [-0.4, -0.2) is 105 Å². The Morgan fingerprint density at radius 1 is 1.18 bits per heavy atom. The summed E-state index contributed by atoms with van der Waals surface area (Å²) in [6.07, 6.45) is -11.7. The van der Waals surface area contributed by atoms with Crippen molar-refractivity contribution in [2.75, 3.05) is 13.2 Å². The van der Waals surface area contributed by atoms with E-state index < -0.39 is 102 Å². The quantitative estimate of drug-likeness (QED) is 0.0718. The number of rotatable bonds is 11. The van der Waals surface area contributed by atoms with Gasteiger partial charge in [-0.3, -0.25) is 23.8 Å². The first kappa shape index (κ1) is 29.7. The summed E-state index contributed by atoms with van der Waals surface area (Å²) in [5.74, 6) is -0.807. The summed E-state index contributed by atoms with van der Waals surface area (Å²) in [5, 5.41) is 49.4. The molecule has 21 nitrogen and oxygen atoms in total. The monoisotopic (exact) mass is 668 g/mol. The van der Waals surface area contributed by atoms with E-state index in [9.17, 15) is 44.1 Å². The van der Waals surface area contributed by atoms with Crippen molar-refractivity contribution in [3.8, 4) is 0 Å². The van der Waals surface area contributed by atoms with Gasteiger partial charge in [0.05, 0.1) is 25.8 Å². The minimum atomic E-state index is -5.59. The van der Waals surface area contributed by atoms with Crippen LogP contribution in [0.2, 0.25) is 0 Å². The molecule has 2 saturated heterocycles. The minimum Gasteiger partial charge on any atom is -0.394 e. The van der Waals surface area contributed by atoms with Crippen molar-refractivity contribution >= 4 is 32.7 Å². The minimum absolute atomic E-state index is 0.0195. The van der Waals surface area contributed by atoms with Gasteiger partial charge in [-0.25, -0.2) is 19.1 Å². The fraction of sp³-hybridized carbons (Fsp3) is 0.476. The molecule has 0 radical (unpaired) electrons. The summed E-state index contributed by atoms with van der Waals surface area (Å²) in [5.41, 5.74) is 4.54. The van der Waals surface area contributed by atoms with Gasteiger partial charge in [0.15, 0.2) is 30.2 Å². The number of primary amides is 1. The van der Waals surface area contributed by atoms with E-state index in [1.807, 2.05) is 0 Å². The number of pyridine rings is 1. The van der Waals surface area contributed by atoms with Gasteiger partial charge in [-0.2, -0.15) is 8.88 Å². The molecule has 44 heavy (non-hydrogen) atoms. The third-order valence-corrected chi connectivity index (χ3v) is 9.28. The van der Waals surface area contributed by atoms with Gasteiger partial charge in [0.1, 0.15) is 50.0 Å². The van der Waals surface area contributed by atoms with Crippen LogP contribution < -0.4 is 15.8 Å². The predicted molar refractivity (Wildman–Crippen MR) is 137 cm³/mol. The number of aromatic amines is 1. The normalized spacial score (nSPS) is 32.2. The van der Waals surface area contributed by atoms with Crippen LogP contribution in [-0.2, 0) is 32.0 Å². The summed E-state index contributed by atoms with van der Waals surface area (Å²) in [6, 6.07) is 2.76. The maximum absolute atomic E-state index is 12.7. The maximum atomic E-state index is 12.7. The Balaban J connectivity index is 1.24. The van der Waals surface area contributed by atoms with Crippen molar-refractivity contribution in [1.82, 2.24) is 19.5 Å². The topological polar surface area (TPSA) is 319 Å². The van der Waals surface area contributed by atoms with Crippen LogP contribution >= 0.6 is 15.6 Å². The highest BCUT2D eigenvalue weighted by Gasteiger charge is 2.53. The lowest BCUT2D eigenvalue weighted by Crippen LogP contribution is -2.46. The first-order chi connectivity index (χ1) is 21.5. The number of carbonyl (C=O) groups excluding carboxylic acids is 1. The number of imidazole rings is 1. The van der Waals surface area contributed by atoms with Crippen molar-refractivity contribution in [3.05, 3.63) is 48.2 Å². The van der Waals surface area contributed by atoms with Gasteiger partial charge in [0.2, 0.25) is 0 Å². The standard InChI is InChI=1S/C21H27N7O14P2/c22-17-12-19(25-7-24-17)28(8-26-12)21-14(31)13(30)11(40-21)6-38-43(34,35)42-44(36,37)41-16-10(5-29)39-20(15(16)32)27-3-1-2-9(4-27)18(23)33/h1-4,7-8,10-11,13-16,20-21,29-32H,5-6H2,(H5-,22,23,24,25,33,34,35,36,37)/p+1/t10-,11-,13-,14-,15-,16-,20-,21-/m1/s1/i7T,8T. The predicted octanol–water partition coefficient (Wildman–Crippen LogP) is -3.19. The number of fused-ring (bicyclic) bond motifs is 1. The number of amides is 1. The Bertz CT molecular complexity index is 1800. The molecule has 0 saturated carbocycles. The molecule has 240 valence electrons. The number of hydrogen-bond acceptors (Lipinski definition) is 15. The molecular weight excluding hydrogens is 636 g/mol. The first-order valence-electron chi connectivity index (χ1n) is 13.5. The van der Waals surface area contributed by atoms with Crippen LogP contribution in [0, 0.1) is 5.41 Å². The number of carbonyl (C=O) groups is 1. The van der Waals surface area contributed by atoms with Crippen LogP contribution in [0.25, 0.3) is 11.2 Å². The molecule has 23 heteroatoms. The molecule has 2 fully saturated rings. The molecule has 0 aromatic carbocycles. The van der Waals surface area contributed by atoms with E-state index in [0.717, 1.165) is 4.57 Å². The van der Waals surface area contributed by atoms with Crippen molar-refractivity contribution in [1.29, 1.82) is 5.41 Å². The zero-order valence-electron chi connectivity index (χ0n) is 24.1. The van der Waals surface area contributed by atoms with Gasteiger partial charge in [0, 0.05) is 6.07 Å². The molecule has 2 aliphatic heterocycles. The number of nitrogens with zero attached hydrogens (tertiary/aromatic N) is 4. The summed E-state index contributed by atoms with van der Waals surface area (Å²) in [4.78, 5) is 41.7. The summed E-state index contributed by atoms with van der Waals surface area (Å²) in [7, 11) is -11.1. The van der Waals surface area contributed by atoms with Gasteiger partial charge in [-0.15, -0.1) is 0 Å². The van der Waals surface area contributed by atoms with Crippen molar-refractivity contribution in [2.45, 2.75) is 49.1 Å². The van der Waals surface area contributed by atoms with Gasteiger partial charge in [-0.1, -0.05) is 0 Å². The highest BCUT2D eigenvalue weighted by Crippen LogP contribution is 2.62. The van der Waals surface area contributed by atoms with E-state index in [0.29, 0.717) is 0 Å². The second kappa shape index (κ2) is 12.4. The molecule has 3 aromatic heterocycles. The van der Waals surface area contributed by atoms with Crippen LogP contribution in [0.1, 0.15) is 25.6 Å². The Labute approximate surface area is 248 Å². The molecule has 5 rings (SSSR count). The summed E-state index contributed by atoms with van der Waals surface area (Å²) < 4.78 is 68.0. The number of H-pyrrole nitrogens is 1. The third kappa shape index (κ3) is 6.51. The number of nitrogens with two attached hydrogens (primary N) is 1. The summed E-state index contributed by atoms with van der Waals surface area (Å²) >= 11 is 0. The van der Waals surface area contributed by atoms with Crippen LogP contribution in [0.3, 0.4) is 0 Å². The fourth-order valence-electron chi connectivity index (χ4n) is 4.59. The van der Waals surface area contributed by atoms with Gasteiger partial charge < -0.3 is 50.4 Å². The molecule has 2 aliphatic rings. The molecule has 10 atom stereocenters. The van der Waals surface area contributed by atoms with E-state index in [2.05, 4.69) is 19.3 Å². The third-order valence-electron chi connectivity index (χ3n) is 6.65. The van der Waals surface area contributed by atoms with Crippen molar-refractivity contribution < 1.29 is 74.3 Å². The van der Waals surface area contributed by atoms with E-state index in [1.165, 1.54) is 29.1 Å². The van der Waals surface area contributed by atoms with Gasteiger partial charge >= 0.3 is 15.6 Å². The highest BCUT2D eigenvalue weighted by molar-refractivity contribution is 7.61. The van der Waals surface area contributed by atoms with Gasteiger partial charge in [-0.05, 0) is 6.07 Å². The maximum Gasteiger partial charge on any atom is 0.481 e. The zero-order valence-corrected chi connectivity index (χ0v) is 23.8. The molecule has 2 unspecified atom stereocenters. The second-order valence-electron chi connectivity index (χ2n) is 9.55. The lowest BCUT2D eigenvalue weighted by molar-refractivity contribution is -0.765. The Hall–Kier alpha value is -3.01. The fourth-order valence-corrected chi connectivity index (χ4v) is 6.88. The lowest BCUT2D eigenvalue weighted by Gasteiger charge is -2.23. The number of aliphatic hydroxyl groups is 4. The van der Waals surface area contributed by atoms with Crippen LogP contribution in [0.15, 0.2) is 37.1 Å². The lowest BCUT2D eigenvalue weighted by atomic mass is 10.1. The molecule has 1 amide bonds. The number of aliphatic hydroxyl groups excluding tert-OH is 4. The molecule has 0 spiro atoms. The van der Waals surface area contributed by atoms with E-state index >= 15 is 0 Å². The second-order valence-corrected chi connectivity index (χ2v) is 12.5. The number of hydrogen-bond donors (Lipinski definition) is 9. The Morgan fingerprint density at radius 2 is 1.93 bits per heavy atom. The Morgan fingerprint density at radius 3 is 2.64 bits per heavy atom. The van der Waals surface area contributed by atoms with E-state index in [1.54, 1.807) is 0 Å². The van der Waals surface area contributed by atoms with Gasteiger partial charge in [0.25, 0.3) is 12.1 Å². The Kier molecular flexibility index (Phi) is 8.37. The summed E-state index contributed by atoms with van der Waals surface area (Å²) in [6.45, 7) is -1.88. The highest BCUT2D eigenvalue weighted by atomic mass is 31.3. The van der Waals surface area contributed by atoms with E-state index in [4.69, 9.17) is 32.4 Å². The zero-order chi connectivity index (χ0) is 33.7. The molecule has 3 aromatic rings. The SMILES string of the molecule is [3H]c1nc(=N)c2nc([3H])n([C@@H]3O[C@H](COP(=O)(O)OP(=O)(O)O[C@H]4[C@@H](O)[C@H]([n+]5cccc(C(N)=O)c5)O[C@@H]4CO)[C@@H](O)[C@H]3O)c2[nH]1. The first-order valence-corrected chi connectivity index (χ1v) is 15.5. The van der Waals surface area contributed by atoms with Crippen molar-refractivity contribution in [3.63, 3.8) is 0 Å². The average molecular weight is 668 g/mol. The molecule has 0 aliphatic carbocycles. The largest absolute Gasteiger partial charge is 0.481 e. The molecule has 5 heterocycles. The van der Waals surface area contributed by atoms with Crippen LogP contribution in [0.4, 0.5) is 0 Å². The number of nitrogens with one attached hydrogen (secondary N) is 2. The smallest absolute Gasteiger partial charge is 0.394 e. The number of phosphoric ester groups is 2.